The lowest BCUT2D eigenvalue weighted by atomic mass is 10.1. The summed E-state index contributed by atoms with van der Waals surface area (Å²) in [5.74, 6) is -0.150. The van der Waals surface area contributed by atoms with Crippen LogP contribution in [-0.2, 0) is 6.61 Å². The third kappa shape index (κ3) is 3.44. The van der Waals surface area contributed by atoms with Crippen LogP contribution in [0.25, 0.3) is 10.9 Å². The third-order valence-corrected chi connectivity index (χ3v) is 3.92. The highest BCUT2D eigenvalue weighted by molar-refractivity contribution is 6.06. The Kier molecular flexibility index (Phi) is 4.63. The van der Waals surface area contributed by atoms with Gasteiger partial charge in [0.15, 0.2) is 0 Å². The number of hydrogen-bond donors (Lipinski definition) is 2. The number of carbonyl (C=O) groups excluding carboxylic acids is 1. The zero-order valence-corrected chi connectivity index (χ0v) is 13.8. The maximum Gasteiger partial charge on any atom is 0.257 e. The average molecular weight is 340 g/mol. The van der Waals surface area contributed by atoms with E-state index < -0.39 is 0 Å². The number of aliphatic hydroxyl groups excluding tert-OH is 1. The maximum atomic E-state index is 13.3. The zero-order chi connectivity index (χ0) is 18.0. The fourth-order valence-corrected chi connectivity index (χ4v) is 2.64. The Bertz CT molecular complexity index is 957. The van der Waals surface area contributed by atoms with Crippen molar-refractivity contribution in [2.45, 2.75) is 13.5 Å². The van der Waals surface area contributed by atoms with E-state index in [1.165, 1.54) is 19.2 Å². The first-order valence-electron chi connectivity index (χ1n) is 7.68. The molecular formula is C19H17FN2O3. The third-order valence-electron chi connectivity index (χ3n) is 3.92. The van der Waals surface area contributed by atoms with Gasteiger partial charge in [0.25, 0.3) is 5.91 Å². The molecule has 3 rings (SSSR count). The summed E-state index contributed by atoms with van der Waals surface area (Å²) in [6.45, 7) is 1.50. The lowest BCUT2D eigenvalue weighted by Crippen LogP contribution is -2.14. The summed E-state index contributed by atoms with van der Waals surface area (Å²) in [6, 6.07) is 11.0. The molecule has 0 fully saturated rings. The predicted molar refractivity (Wildman–Crippen MR) is 93.3 cm³/mol. The molecule has 1 amide bonds. The molecule has 3 aromatic rings. The van der Waals surface area contributed by atoms with Crippen molar-refractivity contribution in [1.82, 2.24) is 4.98 Å². The molecule has 5 nitrogen and oxygen atoms in total. The number of halogens is 1. The first-order valence-corrected chi connectivity index (χ1v) is 7.68. The Morgan fingerprint density at radius 3 is 2.76 bits per heavy atom. The van der Waals surface area contributed by atoms with Gasteiger partial charge in [-0.3, -0.25) is 9.78 Å². The number of carbonyl (C=O) groups is 1. The van der Waals surface area contributed by atoms with Crippen molar-refractivity contribution in [3.8, 4) is 5.75 Å². The molecule has 0 spiro atoms. The van der Waals surface area contributed by atoms with Gasteiger partial charge in [0.2, 0.25) is 0 Å². The Morgan fingerprint density at radius 1 is 1.24 bits per heavy atom. The quantitative estimate of drug-likeness (QED) is 0.763. The SMILES string of the molecule is COc1ccc(NC(=O)c2cc3ccc(F)cc3nc2C)cc1CO. The topological polar surface area (TPSA) is 71.5 Å². The average Bonchev–Trinajstić information content (AvgIpc) is 2.60. The van der Waals surface area contributed by atoms with Gasteiger partial charge >= 0.3 is 0 Å². The number of aryl methyl sites for hydroxylation is 1. The second-order valence-corrected chi connectivity index (χ2v) is 5.60. The van der Waals surface area contributed by atoms with E-state index in [1.54, 1.807) is 37.3 Å². The van der Waals surface area contributed by atoms with Gasteiger partial charge in [-0.15, -0.1) is 0 Å². The van der Waals surface area contributed by atoms with E-state index in [2.05, 4.69) is 10.3 Å². The fourth-order valence-electron chi connectivity index (χ4n) is 2.64. The van der Waals surface area contributed by atoms with E-state index in [1.807, 2.05) is 0 Å². The van der Waals surface area contributed by atoms with Crippen LogP contribution < -0.4 is 10.1 Å². The summed E-state index contributed by atoms with van der Waals surface area (Å²) in [5.41, 5.74) is 2.52. The van der Waals surface area contributed by atoms with Crippen LogP contribution in [0.4, 0.5) is 10.1 Å². The lowest BCUT2D eigenvalue weighted by Gasteiger charge is -2.11. The van der Waals surface area contributed by atoms with Crippen LogP contribution in [0.1, 0.15) is 21.6 Å². The molecule has 1 aromatic heterocycles. The summed E-state index contributed by atoms with van der Waals surface area (Å²) in [5, 5.41) is 12.8. The molecule has 1 heterocycles. The number of aliphatic hydroxyl groups is 1. The van der Waals surface area contributed by atoms with E-state index in [4.69, 9.17) is 4.74 Å². The monoisotopic (exact) mass is 340 g/mol. The summed E-state index contributed by atoms with van der Waals surface area (Å²) in [4.78, 5) is 16.9. The highest BCUT2D eigenvalue weighted by atomic mass is 19.1. The molecule has 6 heteroatoms. The number of ether oxygens (including phenoxy) is 1. The van der Waals surface area contributed by atoms with Gasteiger partial charge in [0, 0.05) is 22.7 Å². The number of anilines is 1. The Balaban J connectivity index is 1.92. The predicted octanol–water partition coefficient (Wildman–Crippen LogP) is 3.44. The summed E-state index contributed by atoms with van der Waals surface area (Å²) in [6.07, 6.45) is 0. The van der Waals surface area contributed by atoms with Gasteiger partial charge in [-0.1, -0.05) is 0 Å². The number of pyridine rings is 1. The van der Waals surface area contributed by atoms with Crippen LogP contribution in [-0.4, -0.2) is 23.1 Å². The van der Waals surface area contributed by atoms with Crippen molar-refractivity contribution < 1.29 is 19.0 Å². The number of methoxy groups -OCH3 is 1. The Morgan fingerprint density at radius 2 is 2.04 bits per heavy atom. The minimum absolute atomic E-state index is 0.199. The van der Waals surface area contributed by atoms with Crippen molar-refractivity contribution >= 4 is 22.5 Å². The molecular weight excluding hydrogens is 323 g/mol. The molecule has 0 bridgehead atoms. The summed E-state index contributed by atoms with van der Waals surface area (Å²) < 4.78 is 18.4. The standard InChI is InChI=1S/C19H17FN2O3/c1-11-16(8-12-3-4-14(20)9-17(12)21-11)19(24)22-15-5-6-18(25-2)13(7-15)10-23/h3-9,23H,10H2,1-2H3,(H,22,24). The van der Waals surface area contributed by atoms with Gasteiger partial charge < -0.3 is 15.2 Å². The van der Waals surface area contributed by atoms with Crippen molar-refractivity contribution in [2.75, 3.05) is 12.4 Å². The summed E-state index contributed by atoms with van der Waals surface area (Å²) >= 11 is 0. The lowest BCUT2D eigenvalue weighted by molar-refractivity contribution is 0.102. The van der Waals surface area contributed by atoms with Gasteiger partial charge in [0.05, 0.1) is 30.5 Å². The number of aromatic nitrogens is 1. The maximum absolute atomic E-state index is 13.3. The number of benzene rings is 2. The van der Waals surface area contributed by atoms with Gasteiger partial charge in [0.1, 0.15) is 11.6 Å². The number of amides is 1. The molecule has 0 aliphatic heterocycles. The number of nitrogens with zero attached hydrogens (tertiary/aromatic N) is 1. The van der Waals surface area contributed by atoms with E-state index in [0.29, 0.717) is 39.2 Å². The zero-order valence-electron chi connectivity index (χ0n) is 13.8. The number of nitrogens with one attached hydrogen (secondary N) is 1. The van der Waals surface area contributed by atoms with Crippen molar-refractivity contribution in [2.24, 2.45) is 0 Å². The van der Waals surface area contributed by atoms with Gasteiger partial charge in [-0.2, -0.15) is 0 Å². The number of fused-ring (bicyclic) bond motifs is 1. The van der Waals surface area contributed by atoms with Crippen molar-refractivity contribution in [1.29, 1.82) is 0 Å². The molecule has 0 atom stereocenters. The first-order chi connectivity index (χ1) is 12.0. The molecule has 2 N–H and O–H groups in total. The van der Waals surface area contributed by atoms with Crippen molar-refractivity contribution in [3.63, 3.8) is 0 Å². The van der Waals surface area contributed by atoms with E-state index in [-0.39, 0.29) is 18.3 Å². The minimum atomic E-state index is -0.369. The van der Waals surface area contributed by atoms with E-state index in [0.717, 1.165) is 0 Å². The molecule has 128 valence electrons. The second-order valence-electron chi connectivity index (χ2n) is 5.60. The number of rotatable bonds is 4. The van der Waals surface area contributed by atoms with Crippen LogP contribution in [0.15, 0.2) is 42.5 Å². The van der Waals surface area contributed by atoms with E-state index in [9.17, 15) is 14.3 Å². The minimum Gasteiger partial charge on any atom is -0.496 e. The smallest absolute Gasteiger partial charge is 0.257 e. The van der Waals surface area contributed by atoms with E-state index >= 15 is 0 Å². The van der Waals surface area contributed by atoms with Crippen LogP contribution in [0.5, 0.6) is 5.75 Å². The molecule has 0 saturated heterocycles. The van der Waals surface area contributed by atoms with Gasteiger partial charge in [-0.05, 0) is 43.3 Å². The largest absolute Gasteiger partial charge is 0.496 e. The van der Waals surface area contributed by atoms with Crippen LogP contribution in [0.2, 0.25) is 0 Å². The van der Waals surface area contributed by atoms with Crippen LogP contribution >= 0.6 is 0 Å². The second kappa shape index (κ2) is 6.86. The molecule has 0 radical (unpaired) electrons. The van der Waals surface area contributed by atoms with Crippen LogP contribution in [0.3, 0.4) is 0 Å². The highest BCUT2D eigenvalue weighted by Crippen LogP contribution is 2.24. The first kappa shape index (κ1) is 16.9. The molecule has 2 aromatic carbocycles. The molecule has 0 aliphatic carbocycles. The highest BCUT2D eigenvalue weighted by Gasteiger charge is 2.13. The van der Waals surface area contributed by atoms with Gasteiger partial charge in [-0.25, -0.2) is 4.39 Å². The van der Waals surface area contributed by atoms with Crippen LogP contribution in [0, 0.1) is 12.7 Å². The Hall–Kier alpha value is -2.99. The molecule has 25 heavy (non-hydrogen) atoms. The molecule has 0 unspecified atom stereocenters. The Labute approximate surface area is 144 Å². The fraction of sp³-hybridized carbons (Fsp3) is 0.158. The van der Waals surface area contributed by atoms with Crippen molar-refractivity contribution in [3.05, 3.63) is 65.1 Å². The normalized spacial score (nSPS) is 10.7. The number of hydrogen-bond acceptors (Lipinski definition) is 4. The summed E-state index contributed by atoms with van der Waals surface area (Å²) in [7, 11) is 1.51. The molecule has 0 saturated carbocycles. The molecule has 0 aliphatic rings.